The van der Waals surface area contributed by atoms with Gasteiger partial charge >= 0.3 is 5.97 Å². The fourth-order valence-corrected chi connectivity index (χ4v) is 2.78. The number of nitrogens with one attached hydrogen (secondary N) is 1. The molecule has 5 nitrogen and oxygen atoms in total. The third-order valence-corrected chi connectivity index (χ3v) is 4.03. The van der Waals surface area contributed by atoms with E-state index in [1.165, 1.54) is 13.2 Å². The fraction of sp³-hybridized carbons (Fsp3) is 0.467. The molecule has 1 saturated carbocycles. The van der Waals surface area contributed by atoms with Gasteiger partial charge in [0.15, 0.2) is 4.67 Å². The monoisotopic (exact) mass is 355 g/mol. The number of halogens is 1. The van der Waals surface area contributed by atoms with Crippen LogP contribution in [0.1, 0.15) is 31.4 Å². The zero-order valence-corrected chi connectivity index (χ0v) is 13.4. The maximum absolute atomic E-state index is 11.8. The molecule has 0 unspecified atom stereocenters. The molecule has 1 heterocycles. The van der Waals surface area contributed by atoms with Crippen molar-refractivity contribution in [1.29, 1.82) is 0 Å². The molecule has 0 aliphatic heterocycles. The molecule has 0 atom stereocenters. The number of esters is 1. The van der Waals surface area contributed by atoms with E-state index in [0.717, 1.165) is 25.7 Å². The summed E-state index contributed by atoms with van der Waals surface area (Å²) in [5.41, 5.74) is 0. The van der Waals surface area contributed by atoms with E-state index in [4.69, 9.17) is 9.15 Å². The maximum Gasteiger partial charge on any atom is 0.308 e. The molecule has 2 rings (SSSR count). The quantitative estimate of drug-likeness (QED) is 0.665. The van der Waals surface area contributed by atoms with Crippen molar-refractivity contribution < 1.29 is 18.7 Å². The Morgan fingerprint density at radius 2 is 2.05 bits per heavy atom. The van der Waals surface area contributed by atoms with Gasteiger partial charge in [0, 0.05) is 12.1 Å². The Labute approximate surface area is 131 Å². The van der Waals surface area contributed by atoms with Crippen molar-refractivity contribution in [1.82, 2.24) is 5.32 Å². The molecule has 1 aromatic rings. The van der Waals surface area contributed by atoms with Gasteiger partial charge in [-0.15, -0.1) is 0 Å². The largest absolute Gasteiger partial charge is 0.469 e. The molecular weight excluding hydrogens is 338 g/mol. The van der Waals surface area contributed by atoms with Gasteiger partial charge in [-0.05, 0) is 59.8 Å². The van der Waals surface area contributed by atoms with E-state index in [0.29, 0.717) is 10.4 Å². The highest BCUT2D eigenvalue weighted by Gasteiger charge is 2.27. The van der Waals surface area contributed by atoms with Crippen molar-refractivity contribution in [2.75, 3.05) is 7.11 Å². The number of carbonyl (C=O) groups is 2. The first kappa shape index (κ1) is 15.8. The van der Waals surface area contributed by atoms with E-state index < -0.39 is 0 Å². The number of ether oxygens (including phenoxy) is 1. The van der Waals surface area contributed by atoms with Crippen LogP contribution >= 0.6 is 15.9 Å². The van der Waals surface area contributed by atoms with E-state index in [1.54, 1.807) is 18.2 Å². The Bertz CT molecular complexity index is 530. The van der Waals surface area contributed by atoms with Crippen molar-refractivity contribution in [3.05, 3.63) is 28.6 Å². The Kier molecular flexibility index (Phi) is 5.61. The van der Waals surface area contributed by atoms with Gasteiger partial charge in [-0.1, -0.05) is 0 Å². The highest BCUT2D eigenvalue weighted by molar-refractivity contribution is 9.10. The standard InChI is InChI=1S/C15H18BrNO4/c1-20-15(19)10-2-4-11(5-3-10)17-14(18)9-7-12-6-8-13(16)21-12/h6-11H,2-5H2,1H3,(H,17,18)/b9-7+. The minimum atomic E-state index is -0.150. The van der Waals surface area contributed by atoms with Crippen molar-refractivity contribution in [3.63, 3.8) is 0 Å². The molecule has 0 aromatic carbocycles. The first-order valence-electron chi connectivity index (χ1n) is 6.90. The van der Waals surface area contributed by atoms with Crippen molar-refractivity contribution in [2.45, 2.75) is 31.7 Å². The van der Waals surface area contributed by atoms with E-state index >= 15 is 0 Å². The van der Waals surface area contributed by atoms with Crippen LogP contribution in [0.2, 0.25) is 0 Å². The molecule has 114 valence electrons. The summed E-state index contributed by atoms with van der Waals surface area (Å²) in [5, 5.41) is 2.94. The maximum atomic E-state index is 11.8. The number of methoxy groups -OCH3 is 1. The normalized spacial score (nSPS) is 22.2. The molecule has 0 spiro atoms. The smallest absolute Gasteiger partial charge is 0.308 e. The van der Waals surface area contributed by atoms with Crippen LogP contribution in [0.3, 0.4) is 0 Å². The number of hydrogen-bond donors (Lipinski definition) is 1. The molecule has 21 heavy (non-hydrogen) atoms. The average molecular weight is 356 g/mol. The lowest BCUT2D eigenvalue weighted by Crippen LogP contribution is -2.38. The lowest BCUT2D eigenvalue weighted by atomic mass is 9.86. The van der Waals surface area contributed by atoms with Gasteiger partial charge in [-0.3, -0.25) is 9.59 Å². The predicted octanol–water partition coefficient (Wildman–Crippen LogP) is 2.90. The highest BCUT2D eigenvalue weighted by Crippen LogP contribution is 2.25. The molecule has 1 aliphatic rings. The number of rotatable bonds is 4. The second-order valence-electron chi connectivity index (χ2n) is 5.06. The molecule has 1 N–H and O–H groups in total. The molecule has 1 aromatic heterocycles. The molecule has 1 aliphatic carbocycles. The number of furan rings is 1. The van der Waals surface area contributed by atoms with Crippen molar-refractivity contribution in [2.24, 2.45) is 5.92 Å². The number of amides is 1. The van der Waals surface area contributed by atoms with E-state index in [9.17, 15) is 9.59 Å². The molecular formula is C15H18BrNO4. The van der Waals surface area contributed by atoms with Gasteiger partial charge in [0.1, 0.15) is 5.76 Å². The van der Waals surface area contributed by atoms with Crippen LogP contribution in [0.25, 0.3) is 6.08 Å². The third-order valence-electron chi connectivity index (χ3n) is 3.60. The molecule has 0 bridgehead atoms. The lowest BCUT2D eigenvalue weighted by Gasteiger charge is -2.27. The summed E-state index contributed by atoms with van der Waals surface area (Å²) in [4.78, 5) is 23.2. The number of carbonyl (C=O) groups excluding carboxylic acids is 2. The zero-order valence-electron chi connectivity index (χ0n) is 11.8. The Balaban J connectivity index is 1.77. The summed E-state index contributed by atoms with van der Waals surface area (Å²) in [6.07, 6.45) is 6.19. The predicted molar refractivity (Wildman–Crippen MR) is 81.3 cm³/mol. The second-order valence-corrected chi connectivity index (χ2v) is 5.84. The topological polar surface area (TPSA) is 68.5 Å². The van der Waals surface area contributed by atoms with E-state index in [1.807, 2.05) is 0 Å². The van der Waals surface area contributed by atoms with Gasteiger partial charge in [0.25, 0.3) is 0 Å². The SMILES string of the molecule is COC(=O)C1CCC(NC(=O)/C=C/c2ccc(Br)o2)CC1. The minimum Gasteiger partial charge on any atom is -0.469 e. The zero-order chi connectivity index (χ0) is 15.2. The molecule has 0 saturated heterocycles. The molecule has 6 heteroatoms. The van der Waals surface area contributed by atoms with Gasteiger partial charge in [-0.2, -0.15) is 0 Å². The van der Waals surface area contributed by atoms with Crippen LogP contribution < -0.4 is 5.32 Å². The summed E-state index contributed by atoms with van der Waals surface area (Å²) in [5.74, 6) is 0.290. The molecule has 1 fully saturated rings. The summed E-state index contributed by atoms with van der Waals surface area (Å²) in [6, 6.07) is 3.66. The lowest BCUT2D eigenvalue weighted by molar-refractivity contribution is -0.146. The summed E-state index contributed by atoms with van der Waals surface area (Å²) in [6.45, 7) is 0. The van der Waals surface area contributed by atoms with Crippen LogP contribution in [-0.4, -0.2) is 25.0 Å². The van der Waals surface area contributed by atoms with Crippen LogP contribution in [0.15, 0.2) is 27.3 Å². The van der Waals surface area contributed by atoms with Crippen LogP contribution in [0.5, 0.6) is 0 Å². The van der Waals surface area contributed by atoms with Crippen molar-refractivity contribution >= 4 is 33.9 Å². The average Bonchev–Trinajstić information content (AvgIpc) is 2.91. The Morgan fingerprint density at radius 1 is 1.33 bits per heavy atom. The summed E-state index contributed by atoms with van der Waals surface area (Å²) < 4.78 is 10.6. The van der Waals surface area contributed by atoms with Gasteiger partial charge in [-0.25, -0.2) is 0 Å². The van der Waals surface area contributed by atoms with E-state index in [2.05, 4.69) is 21.2 Å². The van der Waals surface area contributed by atoms with Crippen LogP contribution in [0.4, 0.5) is 0 Å². The van der Waals surface area contributed by atoms with Crippen LogP contribution in [-0.2, 0) is 14.3 Å². The first-order valence-corrected chi connectivity index (χ1v) is 7.69. The van der Waals surface area contributed by atoms with Gasteiger partial charge in [0.05, 0.1) is 13.0 Å². The number of hydrogen-bond acceptors (Lipinski definition) is 4. The fourth-order valence-electron chi connectivity index (χ4n) is 2.47. The Morgan fingerprint density at radius 3 is 2.62 bits per heavy atom. The first-order chi connectivity index (χ1) is 10.1. The highest BCUT2D eigenvalue weighted by atomic mass is 79.9. The van der Waals surface area contributed by atoms with Crippen LogP contribution in [0, 0.1) is 5.92 Å². The molecule has 1 amide bonds. The molecule has 0 radical (unpaired) electrons. The second kappa shape index (κ2) is 7.45. The van der Waals surface area contributed by atoms with Crippen molar-refractivity contribution in [3.8, 4) is 0 Å². The minimum absolute atomic E-state index is 0.0286. The summed E-state index contributed by atoms with van der Waals surface area (Å²) in [7, 11) is 1.41. The van der Waals surface area contributed by atoms with Gasteiger partial charge < -0.3 is 14.5 Å². The van der Waals surface area contributed by atoms with E-state index in [-0.39, 0.29) is 23.8 Å². The third kappa shape index (κ3) is 4.74. The Hall–Kier alpha value is -1.56. The summed E-state index contributed by atoms with van der Waals surface area (Å²) >= 11 is 3.20. The van der Waals surface area contributed by atoms with Gasteiger partial charge in [0.2, 0.25) is 5.91 Å².